The number of hydrogen-bond donors (Lipinski definition) is 2. The monoisotopic (exact) mass is 274 g/mol. The summed E-state index contributed by atoms with van der Waals surface area (Å²) in [6, 6.07) is 7.13. The van der Waals surface area contributed by atoms with Crippen molar-refractivity contribution < 1.29 is 4.79 Å². The third-order valence-electron chi connectivity index (χ3n) is 2.91. The van der Waals surface area contributed by atoms with E-state index in [4.69, 9.17) is 0 Å². The molecule has 2 N–H and O–H groups in total. The summed E-state index contributed by atoms with van der Waals surface area (Å²) in [5.41, 5.74) is 1.44. The zero-order chi connectivity index (χ0) is 14.4. The van der Waals surface area contributed by atoms with Crippen molar-refractivity contribution in [1.82, 2.24) is 30.8 Å². The van der Waals surface area contributed by atoms with E-state index in [1.54, 1.807) is 12.1 Å². The van der Waals surface area contributed by atoms with Gasteiger partial charge in [-0.25, -0.2) is 4.68 Å². The van der Waals surface area contributed by atoms with E-state index in [1.165, 1.54) is 11.0 Å². The van der Waals surface area contributed by atoms with E-state index in [0.717, 1.165) is 12.2 Å². The molecular formula is C13H18N6O. The van der Waals surface area contributed by atoms with Crippen LogP contribution in [0.25, 0.3) is 5.69 Å². The fraction of sp³-hybridized carbons (Fsp3) is 0.385. The molecule has 0 aliphatic carbocycles. The molecule has 1 aromatic carbocycles. The van der Waals surface area contributed by atoms with Gasteiger partial charge in [0, 0.05) is 12.1 Å². The van der Waals surface area contributed by atoms with Crippen LogP contribution in [-0.4, -0.2) is 46.3 Å². The molecule has 0 spiro atoms. The molecule has 0 saturated heterocycles. The first kappa shape index (κ1) is 14.1. The van der Waals surface area contributed by atoms with Crippen molar-refractivity contribution in [3.05, 3.63) is 36.2 Å². The molecule has 0 fully saturated rings. The Hall–Kier alpha value is -2.28. The Balaban J connectivity index is 1.94. The Morgan fingerprint density at radius 3 is 2.65 bits per heavy atom. The van der Waals surface area contributed by atoms with Gasteiger partial charge in [-0.3, -0.25) is 4.79 Å². The van der Waals surface area contributed by atoms with E-state index in [2.05, 4.69) is 33.1 Å². The zero-order valence-electron chi connectivity index (χ0n) is 11.6. The molecular weight excluding hydrogens is 256 g/mol. The van der Waals surface area contributed by atoms with Gasteiger partial charge >= 0.3 is 0 Å². The Labute approximate surface area is 117 Å². The molecule has 0 aliphatic heterocycles. The summed E-state index contributed by atoms with van der Waals surface area (Å²) in [4.78, 5) is 12.0. The molecule has 2 rings (SSSR count). The van der Waals surface area contributed by atoms with Gasteiger partial charge in [0.15, 0.2) is 0 Å². The summed E-state index contributed by atoms with van der Waals surface area (Å²) in [5, 5.41) is 16.9. The van der Waals surface area contributed by atoms with Crippen molar-refractivity contribution in [3.8, 4) is 5.69 Å². The molecule has 7 heteroatoms. The third-order valence-corrected chi connectivity index (χ3v) is 2.91. The van der Waals surface area contributed by atoms with Crippen LogP contribution in [0, 0.1) is 5.92 Å². The van der Waals surface area contributed by atoms with E-state index >= 15 is 0 Å². The summed E-state index contributed by atoms with van der Waals surface area (Å²) >= 11 is 0. The van der Waals surface area contributed by atoms with Crippen molar-refractivity contribution in [2.75, 3.05) is 20.1 Å². The van der Waals surface area contributed by atoms with Crippen LogP contribution in [0.3, 0.4) is 0 Å². The number of amides is 1. The van der Waals surface area contributed by atoms with Gasteiger partial charge in [0.25, 0.3) is 5.91 Å². The Morgan fingerprint density at radius 1 is 1.30 bits per heavy atom. The van der Waals surface area contributed by atoms with Crippen LogP contribution in [-0.2, 0) is 0 Å². The fourth-order valence-corrected chi connectivity index (χ4v) is 1.83. The fourth-order valence-electron chi connectivity index (χ4n) is 1.83. The summed E-state index contributed by atoms with van der Waals surface area (Å²) in [7, 11) is 1.90. The lowest BCUT2D eigenvalue weighted by molar-refractivity contribution is 0.0948. The van der Waals surface area contributed by atoms with E-state index < -0.39 is 0 Å². The first-order valence-electron chi connectivity index (χ1n) is 6.47. The molecule has 1 atom stereocenters. The van der Waals surface area contributed by atoms with Crippen molar-refractivity contribution in [2.24, 2.45) is 5.92 Å². The average Bonchev–Trinajstić information content (AvgIpc) is 2.99. The molecule has 106 valence electrons. The predicted molar refractivity (Wildman–Crippen MR) is 74.6 cm³/mol. The zero-order valence-corrected chi connectivity index (χ0v) is 11.6. The maximum absolute atomic E-state index is 12.0. The number of carbonyl (C=O) groups excluding carboxylic acids is 1. The number of benzene rings is 1. The van der Waals surface area contributed by atoms with Crippen molar-refractivity contribution >= 4 is 5.91 Å². The minimum atomic E-state index is -0.0729. The normalized spacial score (nSPS) is 12.1. The number of nitrogens with one attached hydrogen (secondary N) is 2. The predicted octanol–water partition coefficient (Wildman–Crippen LogP) is 0.248. The molecule has 0 bridgehead atoms. The molecule has 0 radical (unpaired) electrons. The van der Waals surface area contributed by atoms with Crippen LogP contribution >= 0.6 is 0 Å². The van der Waals surface area contributed by atoms with Gasteiger partial charge in [0.1, 0.15) is 6.33 Å². The number of carbonyl (C=O) groups is 1. The highest BCUT2D eigenvalue weighted by atomic mass is 16.1. The van der Waals surface area contributed by atoms with Gasteiger partial charge in [-0.05, 0) is 54.2 Å². The van der Waals surface area contributed by atoms with Gasteiger partial charge in [-0.15, -0.1) is 5.10 Å². The second-order valence-electron chi connectivity index (χ2n) is 4.67. The second kappa shape index (κ2) is 6.76. The van der Waals surface area contributed by atoms with Gasteiger partial charge in [0.2, 0.25) is 0 Å². The SMILES string of the molecule is CNCC(C)CNC(=O)c1ccc(-n2cnnn2)cc1. The molecule has 7 nitrogen and oxygen atoms in total. The maximum atomic E-state index is 12.0. The van der Waals surface area contributed by atoms with Gasteiger partial charge in [-0.2, -0.15) is 0 Å². The van der Waals surface area contributed by atoms with Gasteiger partial charge < -0.3 is 10.6 Å². The largest absolute Gasteiger partial charge is 0.352 e. The highest BCUT2D eigenvalue weighted by Crippen LogP contribution is 2.07. The first-order valence-corrected chi connectivity index (χ1v) is 6.47. The lowest BCUT2D eigenvalue weighted by atomic mass is 10.1. The topological polar surface area (TPSA) is 84.7 Å². The molecule has 1 heterocycles. The molecule has 1 aromatic heterocycles. The Bertz CT molecular complexity index is 536. The number of tetrazole rings is 1. The highest BCUT2D eigenvalue weighted by Gasteiger charge is 2.08. The molecule has 1 amide bonds. The van der Waals surface area contributed by atoms with Gasteiger partial charge in [-0.1, -0.05) is 6.92 Å². The summed E-state index contributed by atoms with van der Waals surface area (Å²) in [6.07, 6.45) is 1.51. The van der Waals surface area contributed by atoms with Crippen LogP contribution in [0.1, 0.15) is 17.3 Å². The molecule has 2 aromatic rings. The van der Waals surface area contributed by atoms with E-state index in [1.807, 2.05) is 19.2 Å². The second-order valence-corrected chi connectivity index (χ2v) is 4.67. The Morgan fingerprint density at radius 2 is 2.05 bits per heavy atom. The average molecular weight is 274 g/mol. The number of nitrogens with zero attached hydrogens (tertiary/aromatic N) is 4. The lowest BCUT2D eigenvalue weighted by Crippen LogP contribution is -2.32. The molecule has 0 aliphatic rings. The Kier molecular flexibility index (Phi) is 4.78. The van der Waals surface area contributed by atoms with Crippen molar-refractivity contribution in [2.45, 2.75) is 6.92 Å². The van der Waals surface area contributed by atoms with Crippen LogP contribution in [0.5, 0.6) is 0 Å². The van der Waals surface area contributed by atoms with E-state index in [9.17, 15) is 4.79 Å². The number of hydrogen-bond acceptors (Lipinski definition) is 5. The minimum Gasteiger partial charge on any atom is -0.352 e. The highest BCUT2D eigenvalue weighted by molar-refractivity contribution is 5.94. The van der Waals surface area contributed by atoms with Crippen LogP contribution in [0.15, 0.2) is 30.6 Å². The first-order chi connectivity index (χ1) is 9.70. The van der Waals surface area contributed by atoms with Crippen LogP contribution < -0.4 is 10.6 Å². The van der Waals surface area contributed by atoms with Crippen molar-refractivity contribution in [3.63, 3.8) is 0 Å². The summed E-state index contributed by atoms with van der Waals surface area (Å²) < 4.78 is 1.54. The van der Waals surface area contributed by atoms with Crippen LogP contribution in [0.2, 0.25) is 0 Å². The standard InChI is InChI=1S/C13H18N6O/c1-10(7-14-2)8-15-13(20)11-3-5-12(6-4-11)19-9-16-17-18-19/h3-6,9-10,14H,7-8H2,1-2H3,(H,15,20). The van der Waals surface area contributed by atoms with Crippen molar-refractivity contribution in [1.29, 1.82) is 0 Å². The minimum absolute atomic E-state index is 0.0729. The quantitative estimate of drug-likeness (QED) is 0.788. The van der Waals surface area contributed by atoms with E-state index in [-0.39, 0.29) is 5.91 Å². The van der Waals surface area contributed by atoms with Gasteiger partial charge in [0.05, 0.1) is 5.69 Å². The maximum Gasteiger partial charge on any atom is 0.251 e. The van der Waals surface area contributed by atoms with E-state index in [0.29, 0.717) is 18.0 Å². The molecule has 1 unspecified atom stereocenters. The molecule has 20 heavy (non-hydrogen) atoms. The summed E-state index contributed by atoms with van der Waals surface area (Å²) in [6.45, 7) is 3.60. The number of aromatic nitrogens is 4. The number of rotatable bonds is 6. The lowest BCUT2D eigenvalue weighted by Gasteiger charge is -2.12. The smallest absolute Gasteiger partial charge is 0.251 e. The summed E-state index contributed by atoms with van der Waals surface area (Å²) in [5.74, 6) is 0.320. The third kappa shape index (κ3) is 3.61. The van der Waals surface area contributed by atoms with Crippen LogP contribution in [0.4, 0.5) is 0 Å². The molecule has 0 saturated carbocycles.